The third-order valence-corrected chi connectivity index (χ3v) is 4.59. The molecule has 0 unspecified atom stereocenters. The molecule has 0 aliphatic carbocycles. The van der Waals surface area contributed by atoms with Crippen LogP contribution in [0.5, 0.6) is 0 Å². The van der Waals surface area contributed by atoms with E-state index in [9.17, 15) is 27.2 Å². The fourth-order valence-corrected chi connectivity index (χ4v) is 2.97. The van der Waals surface area contributed by atoms with Gasteiger partial charge in [-0.2, -0.15) is 18.3 Å². The minimum Gasteiger partial charge on any atom is -0.352 e. The van der Waals surface area contributed by atoms with Gasteiger partial charge in [-0.1, -0.05) is 12.1 Å². The van der Waals surface area contributed by atoms with Crippen LogP contribution < -0.4 is 10.9 Å². The fourth-order valence-electron chi connectivity index (χ4n) is 2.97. The molecule has 0 saturated carbocycles. The number of pyridine rings is 1. The molecule has 0 aliphatic heterocycles. The van der Waals surface area contributed by atoms with Gasteiger partial charge in [0.1, 0.15) is 5.82 Å². The summed E-state index contributed by atoms with van der Waals surface area (Å²) in [6.07, 6.45) is -3.57. The Balaban J connectivity index is 1.81. The van der Waals surface area contributed by atoms with Crippen LogP contribution in [0.4, 0.5) is 17.6 Å². The van der Waals surface area contributed by atoms with Crippen LogP contribution in [0.25, 0.3) is 11.0 Å². The van der Waals surface area contributed by atoms with E-state index in [1.165, 1.54) is 35.1 Å². The van der Waals surface area contributed by atoms with Gasteiger partial charge in [-0.15, -0.1) is 0 Å². The highest BCUT2D eigenvalue weighted by atomic mass is 19.4. The smallest absolute Gasteiger partial charge is 0.352 e. The lowest BCUT2D eigenvalue weighted by atomic mass is 10.1. The summed E-state index contributed by atoms with van der Waals surface area (Å²) >= 11 is 0. The van der Waals surface area contributed by atoms with E-state index in [1.807, 2.05) is 0 Å². The first-order chi connectivity index (χ1) is 14.1. The van der Waals surface area contributed by atoms with Gasteiger partial charge >= 0.3 is 6.18 Å². The number of carbonyl (C=O) groups excluding carboxylic acids is 1. The van der Waals surface area contributed by atoms with Crippen molar-refractivity contribution in [2.75, 3.05) is 0 Å². The normalized spacial score (nSPS) is 12.0. The van der Waals surface area contributed by atoms with Crippen LogP contribution in [0, 0.1) is 5.82 Å². The molecule has 3 aromatic rings. The second-order valence-corrected chi connectivity index (χ2v) is 7.14. The summed E-state index contributed by atoms with van der Waals surface area (Å²) in [6.45, 7) is 3.55. The van der Waals surface area contributed by atoms with Crippen molar-refractivity contribution < 1.29 is 22.4 Å². The molecular formula is C20H20F4N4O2. The van der Waals surface area contributed by atoms with Crippen molar-refractivity contribution in [3.05, 3.63) is 63.8 Å². The SMILES string of the molecule is CC(C)n1cc2c(C(F)(F)F)cc(=O)n(CCC(=O)NCc3ccc(F)cc3)c2n1. The molecule has 3 rings (SSSR count). The average Bonchev–Trinajstić information content (AvgIpc) is 3.11. The monoisotopic (exact) mass is 424 g/mol. The van der Waals surface area contributed by atoms with Gasteiger partial charge < -0.3 is 5.32 Å². The Morgan fingerprint density at radius 1 is 1.20 bits per heavy atom. The number of amides is 1. The molecule has 2 aromatic heterocycles. The lowest BCUT2D eigenvalue weighted by Gasteiger charge is -2.11. The minimum absolute atomic E-state index is 0.116. The zero-order valence-corrected chi connectivity index (χ0v) is 16.3. The summed E-state index contributed by atoms with van der Waals surface area (Å²) in [5.41, 5.74) is -1.36. The van der Waals surface area contributed by atoms with E-state index >= 15 is 0 Å². The van der Waals surface area contributed by atoms with Gasteiger partial charge in [-0.3, -0.25) is 18.8 Å². The molecule has 0 bridgehead atoms. The van der Waals surface area contributed by atoms with Crippen molar-refractivity contribution in [2.45, 2.75) is 45.6 Å². The summed E-state index contributed by atoms with van der Waals surface area (Å²) < 4.78 is 55.4. The van der Waals surface area contributed by atoms with E-state index in [1.54, 1.807) is 13.8 Å². The number of aromatic nitrogens is 3. The number of nitrogens with zero attached hydrogens (tertiary/aromatic N) is 3. The molecule has 0 aliphatic rings. The van der Waals surface area contributed by atoms with E-state index in [4.69, 9.17) is 0 Å². The first-order valence-corrected chi connectivity index (χ1v) is 9.27. The Morgan fingerprint density at radius 2 is 1.87 bits per heavy atom. The number of halogens is 4. The molecule has 0 spiro atoms. The number of carbonyl (C=O) groups is 1. The van der Waals surface area contributed by atoms with Crippen molar-refractivity contribution in [3.8, 4) is 0 Å². The molecular weight excluding hydrogens is 404 g/mol. The highest BCUT2D eigenvalue weighted by Crippen LogP contribution is 2.33. The summed E-state index contributed by atoms with van der Waals surface area (Å²) in [5.74, 6) is -0.792. The van der Waals surface area contributed by atoms with E-state index < -0.39 is 29.0 Å². The van der Waals surface area contributed by atoms with Crippen LogP contribution in [-0.4, -0.2) is 20.3 Å². The maximum absolute atomic E-state index is 13.4. The Labute approximate surface area is 169 Å². The number of hydrogen-bond donors (Lipinski definition) is 1. The quantitative estimate of drug-likeness (QED) is 0.615. The molecule has 1 N–H and O–H groups in total. The molecule has 1 amide bonds. The number of aryl methyl sites for hydroxylation is 1. The minimum atomic E-state index is -4.70. The molecule has 10 heteroatoms. The van der Waals surface area contributed by atoms with Crippen LogP contribution in [0.15, 0.2) is 41.3 Å². The first-order valence-electron chi connectivity index (χ1n) is 9.27. The Morgan fingerprint density at radius 3 is 2.47 bits per heavy atom. The largest absolute Gasteiger partial charge is 0.417 e. The van der Waals surface area contributed by atoms with Gasteiger partial charge in [-0.25, -0.2) is 4.39 Å². The molecule has 0 saturated heterocycles. The zero-order valence-electron chi connectivity index (χ0n) is 16.3. The van der Waals surface area contributed by atoms with Crippen molar-refractivity contribution in [3.63, 3.8) is 0 Å². The Kier molecular flexibility index (Phi) is 5.95. The summed E-state index contributed by atoms with van der Waals surface area (Å²) in [6, 6.07) is 5.91. The summed E-state index contributed by atoms with van der Waals surface area (Å²) in [4.78, 5) is 24.5. The van der Waals surface area contributed by atoms with E-state index in [-0.39, 0.29) is 36.6 Å². The zero-order chi connectivity index (χ0) is 22.1. The number of rotatable bonds is 6. The third-order valence-electron chi connectivity index (χ3n) is 4.59. The topological polar surface area (TPSA) is 68.9 Å². The van der Waals surface area contributed by atoms with Crippen molar-refractivity contribution >= 4 is 16.9 Å². The average molecular weight is 424 g/mol. The summed E-state index contributed by atoms with van der Waals surface area (Å²) in [7, 11) is 0. The molecule has 30 heavy (non-hydrogen) atoms. The molecule has 160 valence electrons. The lowest BCUT2D eigenvalue weighted by molar-refractivity contribution is -0.136. The van der Waals surface area contributed by atoms with Gasteiger partial charge in [0.05, 0.1) is 5.56 Å². The van der Waals surface area contributed by atoms with Crippen LogP contribution in [-0.2, 0) is 24.1 Å². The van der Waals surface area contributed by atoms with Gasteiger partial charge in [0.25, 0.3) is 5.56 Å². The number of benzene rings is 1. The van der Waals surface area contributed by atoms with Gasteiger partial charge in [0.2, 0.25) is 5.91 Å². The van der Waals surface area contributed by atoms with Crippen LogP contribution >= 0.6 is 0 Å². The van der Waals surface area contributed by atoms with Crippen molar-refractivity contribution in [2.24, 2.45) is 0 Å². The third kappa shape index (κ3) is 4.69. The number of hydrogen-bond acceptors (Lipinski definition) is 3. The predicted octanol–water partition coefficient (Wildman–Crippen LogP) is 3.64. The molecule has 0 atom stereocenters. The first kappa shape index (κ1) is 21.5. The fraction of sp³-hybridized carbons (Fsp3) is 0.350. The number of fused-ring (bicyclic) bond motifs is 1. The van der Waals surface area contributed by atoms with Crippen LogP contribution in [0.1, 0.15) is 37.4 Å². The number of nitrogens with one attached hydrogen (secondary N) is 1. The molecule has 6 nitrogen and oxygen atoms in total. The van der Waals surface area contributed by atoms with Crippen LogP contribution in [0.2, 0.25) is 0 Å². The maximum Gasteiger partial charge on any atom is 0.417 e. The molecule has 0 fully saturated rings. The highest BCUT2D eigenvalue weighted by Gasteiger charge is 2.35. The van der Waals surface area contributed by atoms with Crippen LogP contribution in [0.3, 0.4) is 0 Å². The van der Waals surface area contributed by atoms with E-state index in [0.717, 1.165) is 4.57 Å². The van der Waals surface area contributed by atoms with Crippen molar-refractivity contribution in [1.29, 1.82) is 0 Å². The van der Waals surface area contributed by atoms with Gasteiger partial charge in [0, 0.05) is 43.2 Å². The Hall–Kier alpha value is -3.17. The summed E-state index contributed by atoms with van der Waals surface area (Å²) in [5, 5.41) is 6.58. The molecule has 1 aromatic carbocycles. The highest BCUT2D eigenvalue weighted by molar-refractivity contribution is 5.80. The lowest BCUT2D eigenvalue weighted by Crippen LogP contribution is -2.28. The number of alkyl halides is 3. The van der Waals surface area contributed by atoms with E-state index in [2.05, 4.69) is 10.4 Å². The van der Waals surface area contributed by atoms with Gasteiger partial charge in [-0.05, 0) is 31.5 Å². The Bertz CT molecular complexity index is 1110. The second-order valence-electron chi connectivity index (χ2n) is 7.14. The van der Waals surface area contributed by atoms with E-state index in [0.29, 0.717) is 11.6 Å². The second kappa shape index (κ2) is 8.29. The predicted molar refractivity (Wildman–Crippen MR) is 102 cm³/mol. The maximum atomic E-state index is 13.4. The van der Waals surface area contributed by atoms with Gasteiger partial charge in [0.15, 0.2) is 5.65 Å². The van der Waals surface area contributed by atoms with Crippen molar-refractivity contribution in [1.82, 2.24) is 19.7 Å². The molecule has 0 radical (unpaired) electrons. The standard InChI is InChI=1S/C20H20F4N4O2/c1-12(2)28-11-15-16(20(22,23)24)9-18(30)27(19(15)26-28)8-7-17(29)25-10-13-3-5-14(21)6-4-13/h3-6,9,11-12H,7-8,10H2,1-2H3,(H,25,29). The molecule has 2 heterocycles.